The average Bonchev–Trinajstić information content (AvgIpc) is 3.12. The van der Waals surface area contributed by atoms with Crippen LogP contribution in [0.15, 0.2) is 66.7 Å². The van der Waals surface area contributed by atoms with Gasteiger partial charge in [0.05, 0.1) is 17.8 Å². The second-order valence-corrected chi connectivity index (χ2v) is 9.11. The van der Waals surface area contributed by atoms with Gasteiger partial charge in [-0.3, -0.25) is 0 Å². The number of hydrogen-bond acceptors (Lipinski definition) is 3. The van der Waals surface area contributed by atoms with Crippen molar-refractivity contribution in [1.82, 2.24) is 0 Å². The summed E-state index contributed by atoms with van der Waals surface area (Å²) in [6.45, 7) is -1.62. The molecule has 0 saturated carbocycles. The highest BCUT2D eigenvalue weighted by molar-refractivity contribution is 5.68. The summed E-state index contributed by atoms with van der Waals surface area (Å²) in [4.78, 5) is 0.897. The summed E-state index contributed by atoms with van der Waals surface area (Å²) in [6.07, 6.45) is -18.2. The van der Waals surface area contributed by atoms with Crippen LogP contribution >= 0.6 is 0 Å². The molecule has 1 aliphatic rings. The number of nitrogens with zero attached hydrogens (tertiary/aromatic N) is 1. The van der Waals surface area contributed by atoms with E-state index in [1.807, 2.05) is 0 Å². The van der Waals surface area contributed by atoms with Crippen molar-refractivity contribution in [1.29, 1.82) is 0 Å². The average molecular weight is 567 g/mol. The zero-order valence-electron chi connectivity index (χ0n) is 19.6. The molecule has 0 spiro atoms. The van der Waals surface area contributed by atoms with E-state index in [1.165, 1.54) is 30.3 Å². The Bertz CT molecular complexity index is 1340. The number of β-amino-alcohol motifs (C(OH)–C–C–N with tert-alkyl or cyclic N) is 1. The number of para-hydroxylation sites is 1. The van der Waals surface area contributed by atoms with Gasteiger partial charge in [-0.1, -0.05) is 42.5 Å². The van der Waals surface area contributed by atoms with Gasteiger partial charge in [0, 0.05) is 12.0 Å². The first-order valence-electron chi connectivity index (χ1n) is 11.3. The molecular weight excluding hydrogens is 548 g/mol. The predicted octanol–water partition coefficient (Wildman–Crippen LogP) is 7.02. The van der Waals surface area contributed by atoms with E-state index in [4.69, 9.17) is 0 Å². The number of alkyl halides is 9. The van der Waals surface area contributed by atoms with Crippen LogP contribution in [-0.4, -0.2) is 36.8 Å². The van der Waals surface area contributed by atoms with E-state index in [0.717, 1.165) is 41.3 Å². The molecule has 0 aliphatic carbocycles. The first-order chi connectivity index (χ1) is 18.0. The first kappa shape index (κ1) is 28.5. The summed E-state index contributed by atoms with van der Waals surface area (Å²) in [5.41, 5.74) is -2.91. The number of fused-ring (bicyclic) bond motifs is 1. The summed E-state index contributed by atoms with van der Waals surface area (Å²) in [5, 5.41) is 9.73. The summed E-state index contributed by atoms with van der Waals surface area (Å²) < 4.78 is 138. The van der Waals surface area contributed by atoms with Gasteiger partial charge in [0.1, 0.15) is 11.6 Å². The SMILES string of the molecule is O[C@H](CN1CC(Cc2cccc(C(F)(F)F)c2)(c2cccc(OC(F)(F)F)c2)c2cccc(F)c21)C(F)(F)F. The molecule has 3 nitrogen and oxygen atoms in total. The van der Waals surface area contributed by atoms with Gasteiger partial charge in [0.15, 0.2) is 6.10 Å². The second-order valence-electron chi connectivity index (χ2n) is 9.11. The fourth-order valence-electron chi connectivity index (χ4n) is 4.88. The topological polar surface area (TPSA) is 32.7 Å². The molecule has 0 radical (unpaired) electrons. The quantitative estimate of drug-likeness (QED) is 0.325. The van der Waals surface area contributed by atoms with Crippen molar-refractivity contribution in [3.8, 4) is 5.75 Å². The highest BCUT2D eigenvalue weighted by Crippen LogP contribution is 2.49. The molecule has 0 fully saturated rings. The number of hydrogen-bond donors (Lipinski definition) is 1. The molecule has 3 aromatic carbocycles. The van der Waals surface area contributed by atoms with Crippen LogP contribution in [0.1, 0.15) is 22.3 Å². The van der Waals surface area contributed by atoms with Gasteiger partial charge in [-0.25, -0.2) is 4.39 Å². The summed E-state index contributed by atoms with van der Waals surface area (Å²) in [5.74, 6) is -1.66. The van der Waals surface area contributed by atoms with Crippen molar-refractivity contribution in [3.05, 3.63) is 94.8 Å². The van der Waals surface area contributed by atoms with Crippen molar-refractivity contribution < 1.29 is 53.7 Å². The third kappa shape index (κ3) is 6.07. The lowest BCUT2D eigenvalue weighted by atomic mass is 9.71. The van der Waals surface area contributed by atoms with E-state index in [2.05, 4.69) is 4.74 Å². The molecule has 1 heterocycles. The monoisotopic (exact) mass is 567 g/mol. The summed E-state index contributed by atoms with van der Waals surface area (Å²) in [7, 11) is 0. The van der Waals surface area contributed by atoms with Crippen LogP contribution in [0.3, 0.4) is 0 Å². The zero-order valence-corrected chi connectivity index (χ0v) is 19.6. The molecule has 1 aliphatic heterocycles. The Kier molecular flexibility index (Phi) is 7.26. The highest BCUT2D eigenvalue weighted by Gasteiger charge is 2.49. The standard InChI is InChI=1S/C26H19F10NO2/c27-20-9-3-8-19-22(20)37(13-21(38)25(31,32)33)14-23(19,12-15-4-1-6-17(10-15)24(28,29)30)16-5-2-7-18(11-16)39-26(34,35)36/h1-11,21,38H,12-14H2/t21-,23?/m1/s1. The molecule has 0 saturated heterocycles. The molecular formula is C26H19F10NO2. The Morgan fingerprint density at radius 3 is 2.18 bits per heavy atom. The molecule has 0 aromatic heterocycles. The number of anilines is 1. The van der Waals surface area contributed by atoms with Crippen molar-refractivity contribution in [2.24, 2.45) is 0 Å². The van der Waals surface area contributed by atoms with Gasteiger partial charge in [-0.2, -0.15) is 26.3 Å². The highest BCUT2D eigenvalue weighted by atomic mass is 19.4. The minimum atomic E-state index is -5.09. The minimum Gasteiger partial charge on any atom is -0.406 e. The minimum absolute atomic E-state index is 0.0255. The Morgan fingerprint density at radius 2 is 1.54 bits per heavy atom. The number of benzene rings is 3. The van der Waals surface area contributed by atoms with Crippen molar-refractivity contribution in [2.45, 2.75) is 36.7 Å². The smallest absolute Gasteiger partial charge is 0.406 e. The van der Waals surface area contributed by atoms with E-state index in [0.29, 0.717) is 0 Å². The van der Waals surface area contributed by atoms with Gasteiger partial charge >= 0.3 is 18.7 Å². The lowest BCUT2D eigenvalue weighted by Crippen LogP contribution is -2.44. The van der Waals surface area contributed by atoms with Crippen LogP contribution < -0.4 is 9.64 Å². The Labute approximate surface area is 215 Å². The molecule has 13 heteroatoms. The number of aliphatic hydroxyl groups is 1. The maximum absolute atomic E-state index is 15.1. The van der Waals surface area contributed by atoms with Gasteiger partial charge in [0.25, 0.3) is 0 Å². The van der Waals surface area contributed by atoms with Gasteiger partial charge in [0.2, 0.25) is 0 Å². The molecule has 3 aromatic rings. The number of aliphatic hydroxyl groups excluding tert-OH is 1. The molecule has 39 heavy (non-hydrogen) atoms. The summed E-state index contributed by atoms with van der Waals surface area (Å²) >= 11 is 0. The molecule has 2 atom stereocenters. The van der Waals surface area contributed by atoms with Crippen LogP contribution in [0.2, 0.25) is 0 Å². The van der Waals surface area contributed by atoms with E-state index in [1.54, 1.807) is 0 Å². The number of halogens is 10. The largest absolute Gasteiger partial charge is 0.573 e. The van der Waals surface area contributed by atoms with E-state index in [9.17, 15) is 44.6 Å². The van der Waals surface area contributed by atoms with Crippen molar-refractivity contribution >= 4 is 5.69 Å². The third-order valence-corrected chi connectivity index (χ3v) is 6.43. The van der Waals surface area contributed by atoms with E-state index >= 15 is 4.39 Å². The predicted molar refractivity (Wildman–Crippen MR) is 120 cm³/mol. The number of rotatable bonds is 6. The van der Waals surface area contributed by atoms with Gasteiger partial charge < -0.3 is 14.7 Å². The fourth-order valence-corrected chi connectivity index (χ4v) is 4.88. The lowest BCUT2D eigenvalue weighted by Gasteiger charge is -2.33. The molecule has 0 bridgehead atoms. The Hall–Kier alpha value is -3.48. The molecule has 210 valence electrons. The second kappa shape index (κ2) is 9.92. The zero-order chi connectivity index (χ0) is 28.8. The van der Waals surface area contributed by atoms with Crippen molar-refractivity contribution in [3.63, 3.8) is 0 Å². The maximum atomic E-state index is 15.1. The Balaban J connectivity index is 1.90. The van der Waals surface area contributed by atoms with Crippen LogP contribution in [0.25, 0.3) is 0 Å². The molecule has 0 amide bonds. The third-order valence-electron chi connectivity index (χ3n) is 6.43. The van der Waals surface area contributed by atoms with Gasteiger partial charge in [-0.05, 0) is 47.4 Å². The van der Waals surface area contributed by atoms with E-state index in [-0.39, 0.29) is 28.8 Å². The van der Waals surface area contributed by atoms with Crippen LogP contribution in [0.5, 0.6) is 5.75 Å². The van der Waals surface area contributed by atoms with Crippen molar-refractivity contribution in [2.75, 3.05) is 18.0 Å². The van der Waals surface area contributed by atoms with Crippen LogP contribution in [-0.2, 0) is 18.0 Å². The summed E-state index contributed by atoms with van der Waals surface area (Å²) in [6, 6.07) is 12.0. The number of ether oxygens (including phenoxy) is 1. The molecule has 4 rings (SSSR count). The molecule has 1 unspecified atom stereocenters. The fraction of sp³-hybridized carbons (Fsp3) is 0.308. The van der Waals surface area contributed by atoms with Gasteiger partial charge in [-0.15, -0.1) is 13.2 Å². The maximum Gasteiger partial charge on any atom is 0.573 e. The lowest BCUT2D eigenvalue weighted by molar-refractivity contribution is -0.274. The van der Waals surface area contributed by atoms with Crippen LogP contribution in [0.4, 0.5) is 49.6 Å². The van der Waals surface area contributed by atoms with E-state index < -0.39 is 60.5 Å². The normalized spacial score (nSPS) is 18.7. The van der Waals surface area contributed by atoms with Crippen LogP contribution in [0, 0.1) is 5.82 Å². The first-order valence-corrected chi connectivity index (χ1v) is 11.3. The Morgan fingerprint density at radius 1 is 0.872 bits per heavy atom. The molecule has 1 N–H and O–H groups in total.